The van der Waals surface area contributed by atoms with E-state index in [0.29, 0.717) is 11.6 Å². The van der Waals surface area contributed by atoms with Crippen LogP contribution < -0.4 is 15.0 Å². The van der Waals surface area contributed by atoms with Crippen molar-refractivity contribution in [1.82, 2.24) is 9.88 Å². The lowest BCUT2D eigenvalue weighted by molar-refractivity contribution is -0.118. The lowest BCUT2D eigenvalue weighted by atomic mass is 10.3. The van der Waals surface area contributed by atoms with Crippen LogP contribution in [0.5, 0.6) is 5.75 Å². The number of para-hydroxylation sites is 1. The molecule has 24 heavy (non-hydrogen) atoms. The Morgan fingerprint density at radius 3 is 2.54 bits per heavy atom. The third-order valence-corrected chi connectivity index (χ3v) is 4.00. The summed E-state index contributed by atoms with van der Waals surface area (Å²) in [7, 11) is 2.13. The zero-order chi connectivity index (χ0) is 16.8. The van der Waals surface area contributed by atoms with Gasteiger partial charge in [0.2, 0.25) is 0 Å². The van der Waals surface area contributed by atoms with Crippen LogP contribution >= 0.6 is 0 Å². The third-order valence-electron chi connectivity index (χ3n) is 4.00. The summed E-state index contributed by atoms with van der Waals surface area (Å²) in [6, 6.07) is 13.1. The Kier molecular flexibility index (Phi) is 5.28. The lowest BCUT2D eigenvalue weighted by Gasteiger charge is -2.33. The van der Waals surface area contributed by atoms with E-state index < -0.39 is 0 Å². The molecule has 1 N–H and O–H groups in total. The molecule has 0 saturated carbocycles. The number of likely N-dealkylation sites (N-methyl/N-ethyl adjacent to an activating group) is 1. The van der Waals surface area contributed by atoms with E-state index in [0.717, 1.165) is 31.9 Å². The summed E-state index contributed by atoms with van der Waals surface area (Å²) in [6.07, 6.45) is 1.80. The monoisotopic (exact) mass is 326 g/mol. The molecular formula is C18H22N4O2. The number of nitrogens with one attached hydrogen (secondary N) is 1. The molecule has 2 aromatic rings. The number of hydrogen-bond acceptors (Lipinski definition) is 5. The molecule has 0 spiro atoms. The van der Waals surface area contributed by atoms with E-state index in [1.54, 1.807) is 6.20 Å². The first-order chi connectivity index (χ1) is 11.7. The molecular weight excluding hydrogens is 304 g/mol. The Bertz CT molecular complexity index is 652. The minimum absolute atomic E-state index is 0.0358. The summed E-state index contributed by atoms with van der Waals surface area (Å²) >= 11 is 0. The molecule has 1 aliphatic rings. The zero-order valence-electron chi connectivity index (χ0n) is 13.8. The van der Waals surface area contributed by atoms with Gasteiger partial charge < -0.3 is 19.9 Å². The number of benzene rings is 1. The highest BCUT2D eigenvalue weighted by Crippen LogP contribution is 2.17. The van der Waals surface area contributed by atoms with Crippen molar-refractivity contribution in [2.45, 2.75) is 0 Å². The number of ether oxygens (including phenoxy) is 1. The maximum Gasteiger partial charge on any atom is 0.263 e. The van der Waals surface area contributed by atoms with Gasteiger partial charge in [0.1, 0.15) is 11.6 Å². The highest BCUT2D eigenvalue weighted by Gasteiger charge is 2.14. The van der Waals surface area contributed by atoms with Crippen molar-refractivity contribution >= 4 is 17.4 Å². The lowest BCUT2D eigenvalue weighted by Crippen LogP contribution is -2.44. The number of hydrogen-bond donors (Lipinski definition) is 1. The van der Waals surface area contributed by atoms with Gasteiger partial charge in [0.25, 0.3) is 5.91 Å². The summed E-state index contributed by atoms with van der Waals surface area (Å²) in [5.74, 6) is 0.985. The Morgan fingerprint density at radius 1 is 1.12 bits per heavy atom. The zero-order valence-corrected chi connectivity index (χ0v) is 13.8. The van der Waals surface area contributed by atoms with Gasteiger partial charge in [-0.2, -0.15) is 0 Å². The van der Waals surface area contributed by atoms with Gasteiger partial charge in [-0.1, -0.05) is 18.2 Å². The average Bonchev–Trinajstić information content (AvgIpc) is 2.62. The van der Waals surface area contributed by atoms with Gasteiger partial charge in [-0.05, 0) is 31.3 Å². The molecule has 0 unspecified atom stereocenters. The van der Waals surface area contributed by atoms with Crippen LogP contribution in [0.1, 0.15) is 0 Å². The van der Waals surface area contributed by atoms with Crippen LogP contribution in [0.25, 0.3) is 0 Å². The standard InChI is InChI=1S/C18H22N4O2/c1-21-9-11-22(12-10-21)15-7-8-17(19-13-15)20-18(23)14-24-16-5-3-2-4-6-16/h2-8,13H,9-12,14H2,1H3,(H,19,20,23). The smallest absolute Gasteiger partial charge is 0.263 e. The van der Waals surface area contributed by atoms with E-state index >= 15 is 0 Å². The van der Waals surface area contributed by atoms with E-state index in [1.807, 2.05) is 42.5 Å². The van der Waals surface area contributed by atoms with Crippen LogP contribution in [0, 0.1) is 0 Å². The number of carbonyl (C=O) groups is 1. The van der Waals surface area contributed by atoms with Crippen LogP contribution in [0.15, 0.2) is 48.7 Å². The SMILES string of the molecule is CN1CCN(c2ccc(NC(=O)COc3ccccc3)nc2)CC1. The van der Waals surface area contributed by atoms with Crippen molar-refractivity contribution in [3.05, 3.63) is 48.7 Å². The quantitative estimate of drug-likeness (QED) is 0.909. The molecule has 1 amide bonds. The second-order valence-corrected chi connectivity index (χ2v) is 5.84. The van der Waals surface area contributed by atoms with Crippen molar-refractivity contribution < 1.29 is 9.53 Å². The van der Waals surface area contributed by atoms with Gasteiger partial charge in [-0.3, -0.25) is 4.79 Å². The first-order valence-electron chi connectivity index (χ1n) is 8.08. The van der Waals surface area contributed by atoms with Crippen molar-refractivity contribution in [2.24, 2.45) is 0 Å². The fraction of sp³-hybridized carbons (Fsp3) is 0.333. The summed E-state index contributed by atoms with van der Waals surface area (Å²) in [5.41, 5.74) is 1.08. The minimum Gasteiger partial charge on any atom is -0.484 e. The van der Waals surface area contributed by atoms with Crippen LogP contribution in [0.3, 0.4) is 0 Å². The average molecular weight is 326 g/mol. The minimum atomic E-state index is -0.223. The van der Waals surface area contributed by atoms with Crippen molar-refractivity contribution in [1.29, 1.82) is 0 Å². The van der Waals surface area contributed by atoms with E-state index in [1.165, 1.54) is 0 Å². The van der Waals surface area contributed by atoms with Crippen LogP contribution in [-0.4, -0.2) is 55.6 Å². The molecule has 1 aromatic carbocycles. The normalized spacial score (nSPS) is 15.1. The maximum atomic E-state index is 11.9. The molecule has 1 fully saturated rings. The third kappa shape index (κ3) is 4.45. The van der Waals surface area contributed by atoms with Crippen molar-refractivity contribution in [3.8, 4) is 5.75 Å². The highest BCUT2D eigenvalue weighted by atomic mass is 16.5. The van der Waals surface area contributed by atoms with E-state index in [2.05, 4.69) is 27.1 Å². The second-order valence-electron chi connectivity index (χ2n) is 5.84. The number of amides is 1. The number of carbonyl (C=O) groups excluding carboxylic acids is 1. The Morgan fingerprint density at radius 2 is 1.88 bits per heavy atom. The number of anilines is 2. The van der Waals surface area contributed by atoms with Gasteiger partial charge in [0, 0.05) is 26.2 Å². The number of aromatic nitrogens is 1. The largest absolute Gasteiger partial charge is 0.484 e. The molecule has 6 heteroatoms. The molecule has 0 bridgehead atoms. The molecule has 6 nitrogen and oxygen atoms in total. The molecule has 0 radical (unpaired) electrons. The predicted molar refractivity (Wildman–Crippen MR) is 94.5 cm³/mol. The molecule has 126 valence electrons. The molecule has 2 heterocycles. The number of piperazine rings is 1. The van der Waals surface area contributed by atoms with E-state index in [4.69, 9.17) is 4.74 Å². The molecule has 0 aliphatic carbocycles. The topological polar surface area (TPSA) is 57.7 Å². The highest BCUT2D eigenvalue weighted by molar-refractivity contribution is 5.91. The van der Waals surface area contributed by atoms with Crippen LogP contribution in [0.2, 0.25) is 0 Å². The van der Waals surface area contributed by atoms with Gasteiger partial charge >= 0.3 is 0 Å². The Balaban J connectivity index is 1.49. The summed E-state index contributed by atoms with van der Waals surface area (Å²) in [5, 5.41) is 2.75. The molecule has 0 atom stereocenters. The first kappa shape index (κ1) is 16.3. The first-order valence-corrected chi connectivity index (χ1v) is 8.08. The number of pyridine rings is 1. The summed E-state index contributed by atoms with van der Waals surface area (Å²) < 4.78 is 5.42. The molecule has 1 aromatic heterocycles. The second kappa shape index (κ2) is 7.79. The fourth-order valence-corrected chi connectivity index (χ4v) is 2.56. The van der Waals surface area contributed by atoms with Gasteiger partial charge in [0.15, 0.2) is 6.61 Å². The fourth-order valence-electron chi connectivity index (χ4n) is 2.56. The molecule has 1 aliphatic heterocycles. The Labute approximate surface area is 142 Å². The predicted octanol–water partition coefficient (Wildman–Crippen LogP) is 1.85. The van der Waals surface area contributed by atoms with Gasteiger partial charge in [-0.25, -0.2) is 4.98 Å². The van der Waals surface area contributed by atoms with Gasteiger partial charge in [0.05, 0.1) is 11.9 Å². The van der Waals surface area contributed by atoms with Crippen molar-refractivity contribution in [3.63, 3.8) is 0 Å². The van der Waals surface area contributed by atoms with Crippen LogP contribution in [-0.2, 0) is 4.79 Å². The van der Waals surface area contributed by atoms with Crippen LogP contribution in [0.4, 0.5) is 11.5 Å². The maximum absolute atomic E-state index is 11.9. The molecule has 3 rings (SSSR count). The number of nitrogens with zero attached hydrogens (tertiary/aromatic N) is 3. The Hall–Kier alpha value is -2.60. The van der Waals surface area contributed by atoms with Crippen molar-refractivity contribution in [2.75, 3.05) is 50.1 Å². The van der Waals surface area contributed by atoms with E-state index in [-0.39, 0.29) is 12.5 Å². The van der Waals surface area contributed by atoms with Gasteiger partial charge in [-0.15, -0.1) is 0 Å². The molecule has 1 saturated heterocycles. The summed E-state index contributed by atoms with van der Waals surface area (Å²) in [6.45, 7) is 4.06. The van der Waals surface area contributed by atoms with E-state index in [9.17, 15) is 4.79 Å². The number of rotatable bonds is 5. The summed E-state index contributed by atoms with van der Waals surface area (Å²) in [4.78, 5) is 20.9.